The maximum atomic E-state index is 13.2. The lowest BCUT2D eigenvalue weighted by molar-refractivity contribution is -0.0410. The van der Waals surface area contributed by atoms with Gasteiger partial charge in [0.1, 0.15) is 0 Å². The number of hydrogen-bond donors (Lipinski definition) is 0. The van der Waals surface area contributed by atoms with Gasteiger partial charge in [0.2, 0.25) is 0 Å². The third kappa shape index (κ3) is 4.36. The number of nitrogens with zero attached hydrogens (tertiary/aromatic N) is 4. The van der Waals surface area contributed by atoms with E-state index in [1.165, 1.54) is 10.0 Å². The lowest BCUT2D eigenvalue weighted by atomic mass is 10.0. The summed E-state index contributed by atoms with van der Waals surface area (Å²) < 4.78 is 0. The Hall–Kier alpha value is -3.64. The first-order valence-electron chi connectivity index (χ1n) is 8.89. The van der Waals surface area contributed by atoms with Crippen molar-refractivity contribution in [1.29, 1.82) is 10.5 Å². The molecule has 0 heterocycles. The smallest absolute Gasteiger partial charge is 0.267 e. The van der Waals surface area contributed by atoms with Crippen LogP contribution in [0.25, 0.3) is 0 Å². The van der Waals surface area contributed by atoms with Gasteiger partial charge in [-0.25, -0.2) is 10.0 Å². The zero-order chi connectivity index (χ0) is 20.9. The van der Waals surface area contributed by atoms with Crippen molar-refractivity contribution in [2.24, 2.45) is 0 Å². The lowest BCUT2D eigenvalue weighted by Gasteiger charge is -2.43. The summed E-state index contributed by atoms with van der Waals surface area (Å²) in [6, 6.07) is 16.7. The highest BCUT2D eigenvalue weighted by Crippen LogP contribution is 2.22. The first-order chi connectivity index (χ1) is 13.2. The molecule has 0 N–H and O–H groups in total. The molecule has 6 nitrogen and oxygen atoms in total. The first-order valence-corrected chi connectivity index (χ1v) is 8.89. The fourth-order valence-corrected chi connectivity index (χ4v) is 2.80. The van der Waals surface area contributed by atoms with Gasteiger partial charge in [0.15, 0.2) is 0 Å². The summed E-state index contributed by atoms with van der Waals surface area (Å²) >= 11 is 0. The number of rotatable bonds is 3. The van der Waals surface area contributed by atoms with Crippen molar-refractivity contribution in [2.45, 2.75) is 33.2 Å². The molecule has 0 aromatic heterocycles. The highest BCUT2D eigenvalue weighted by atomic mass is 16.2. The summed E-state index contributed by atoms with van der Waals surface area (Å²) in [6.45, 7) is 7.64. The number of benzene rings is 2. The molecule has 28 heavy (non-hydrogen) atoms. The molecule has 0 aliphatic rings. The Labute approximate surface area is 165 Å². The second kappa shape index (κ2) is 8.37. The van der Waals surface area contributed by atoms with E-state index in [-0.39, 0.29) is 18.4 Å². The monoisotopic (exact) mass is 374 g/mol. The molecule has 0 saturated heterocycles. The van der Waals surface area contributed by atoms with Crippen LogP contribution in [0.15, 0.2) is 48.5 Å². The van der Waals surface area contributed by atoms with Crippen LogP contribution in [0.1, 0.15) is 59.5 Å². The van der Waals surface area contributed by atoms with Crippen LogP contribution in [-0.2, 0) is 0 Å². The zero-order valence-electron chi connectivity index (χ0n) is 16.4. The van der Waals surface area contributed by atoms with Crippen molar-refractivity contribution in [2.75, 3.05) is 6.54 Å². The third-order valence-corrected chi connectivity index (χ3v) is 4.13. The molecule has 2 aromatic rings. The standard InChI is InChI=1S/C22H22N4O2/c1-5-25(20(27)18-10-6-16(14-23)7-11-18)26(22(2,3)4)21(28)19-12-8-17(15-24)9-13-19/h6-13H,5H2,1-4H3. The predicted octanol–water partition coefficient (Wildman–Crippen LogP) is 3.75. The van der Waals surface area contributed by atoms with E-state index in [0.717, 1.165) is 0 Å². The topological polar surface area (TPSA) is 88.2 Å². The highest BCUT2D eigenvalue weighted by Gasteiger charge is 2.35. The van der Waals surface area contributed by atoms with E-state index >= 15 is 0 Å². The van der Waals surface area contributed by atoms with Crippen molar-refractivity contribution >= 4 is 11.8 Å². The summed E-state index contributed by atoms with van der Waals surface area (Å²) in [5.41, 5.74) is 1.03. The average molecular weight is 374 g/mol. The molecule has 2 amide bonds. The second-order valence-corrected chi connectivity index (χ2v) is 7.19. The SMILES string of the molecule is CCN(C(=O)c1ccc(C#N)cc1)N(C(=O)c1ccc(C#N)cc1)C(C)(C)C. The summed E-state index contributed by atoms with van der Waals surface area (Å²) in [5.74, 6) is -0.662. The Kier molecular flexibility index (Phi) is 6.18. The van der Waals surface area contributed by atoms with Gasteiger partial charge >= 0.3 is 0 Å². The normalized spacial score (nSPS) is 10.5. The molecule has 0 radical (unpaired) electrons. The summed E-state index contributed by atoms with van der Waals surface area (Å²) in [7, 11) is 0. The minimum Gasteiger partial charge on any atom is -0.267 e. The molecule has 0 spiro atoms. The Morgan fingerprint density at radius 2 is 1.21 bits per heavy atom. The van der Waals surface area contributed by atoms with Gasteiger partial charge in [-0.05, 0) is 76.2 Å². The Balaban J connectivity index is 2.43. The van der Waals surface area contributed by atoms with Crippen molar-refractivity contribution in [3.63, 3.8) is 0 Å². The van der Waals surface area contributed by atoms with Crippen LogP contribution in [0.4, 0.5) is 0 Å². The molecule has 0 unspecified atom stereocenters. The minimum absolute atomic E-state index is 0.290. The van der Waals surface area contributed by atoms with E-state index in [9.17, 15) is 9.59 Å². The van der Waals surface area contributed by atoms with Gasteiger partial charge in [-0.3, -0.25) is 9.59 Å². The van der Waals surface area contributed by atoms with Crippen LogP contribution < -0.4 is 0 Å². The molecular weight excluding hydrogens is 352 g/mol. The number of carbonyl (C=O) groups is 2. The molecule has 0 atom stereocenters. The largest absolute Gasteiger partial charge is 0.272 e. The van der Waals surface area contributed by atoms with Gasteiger partial charge in [-0.15, -0.1) is 0 Å². The number of hydrazine groups is 1. The van der Waals surface area contributed by atoms with Crippen molar-refractivity contribution in [3.8, 4) is 12.1 Å². The van der Waals surface area contributed by atoms with E-state index < -0.39 is 5.54 Å². The van der Waals surface area contributed by atoms with Gasteiger partial charge < -0.3 is 0 Å². The Morgan fingerprint density at radius 1 is 0.821 bits per heavy atom. The van der Waals surface area contributed by atoms with Gasteiger partial charge in [0.25, 0.3) is 11.8 Å². The van der Waals surface area contributed by atoms with E-state index in [1.54, 1.807) is 55.5 Å². The highest BCUT2D eigenvalue weighted by molar-refractivity contribution is 5.99. The number of nitriles is 2. The van der Waals surface area contributed by atoms with Gasteiger partial charge in [-0.1, -0.05) is 0 Å². The Morgan fingerprint density at radius 3 is 1.54 bits per heavy atom. The maximum Gasteiger partial charge on any atom is 0.272 e. The maximum absolute atomic E-state index is 13.2. The van der Waals surface area contributed by atoms with E-state index in [2.05, 4.69) is 0 Å². The lowest BCUT2D eigenvalue weighted by Crippen LogP contribution is -2.58. The molecular formula is C22H22N4O2. The number of amides is 2. The molecule has 142 valence electrons. The van der Waals surface area contributed by atoms with Crippen LogP contribution in [-0.4, -0.2) is 33.9 Å². The van der Waals surface area contributed by atoms with Crippen LogP contribution in [0.5, 0.6) is 0 Å². The summed E-state index contributed by atoms with van der Waals surface area (Å²) in [4.78, 5) is 26.3. The Bertz CT molecular complexity index is 943. The molecule has 6 heteroatoms. The van der Waals surface area contributed by atoms with Gasteiger partial charge in [0, 0.05) is 17.7 Å². The van der Waals surface area contributed by atoms with Crippen LogP contribution in [0, 0.1) is 22.7 Å². The van der Waals surface area contributed by atoms with Gasteiger partial charge in [-0.2, -0.15) is 10.5 Å². The summed E-state index contributed by atoms with van der Waals surface area (Å²) in [6.07, 6.45) is 0. The van der Waals surface area contributed by atoms with Crippen LogP contribution in [0.3, 0.4) is 0 Å². The molecule has 2 aromatic carbocycles. The summed E-state index contributed by atoms with van der Waals surface area (Å²) in [5, 5.41) is 20.7. The van der Waals surface area contributed by atoms with Crippen LogP contribution >= 0.6 is 0 Å². The first kappa shape index (κ1) is 20.7. The zero-order valence-corrected chi connectivity index (χ0v) is 16.4. The molecule has 0 saturated carbocycles. The van der Waals surface area contributed by atoms with Gasteiger partial charge in [0.05, 0.1) is 28.8 Å². The minimum atomic E-state index is -0.663. The second-order valence-electron chi connectivity index (χ2n) is 7.19. The van der Waals surface area contributed by atoms with Crippen molar-refractivity contribution in [1.82, 2.24) is 10.0 Å². The quantitative estimate of drug-likeness (QED) is 0.766. The van der Waals surface area contributed by atoms with Crippen molar-refractivity contribution in [3.05, 3.63) is 70.8 Å². The third-order valence-electron chi connectivity index (χ3n) is 4.13. The van der Waals surface area contributed by atoms with E-state index in [0.29, 0.717) is 22.3 Å². The van der Waals surface area contributed by atoms with Crippen LogP contribution in [0.2, 0.25) is 0 Å². The molecule has 0 aliphatic heterocycles. The average Bonchev–Trinajstić information content (AvgIpc) is 2.70. The van der Waals surface area contributed by atoms with Crippen molar-refractivity contribution < 1.29 is 9.59 Å². The van der Waals surface area contributed by atoms with E-state index in [4.69, 9.17) is 10.5 Å². The number of hydrogen-bond acceptors (Lipinski definition) is 4. The molecule has 0 bridgehead atoms. The molecule has 0 fully saturated rings. The fraction of sp³-hybridized carbons (Fsp3) is 0.273. The van der Waals surface area contributed by atoms with E-state index in [1.807, 2.05) is 32.9 Å². The molecule has 0 aliphatic carbocycles. The fourth-order valence-electron chi connectivity index (χ4n) is 2.80. The number of carbonyl (C=O) groups excluding carboxylic acids is 2. The predicted molar refractivity (Wildman–Crippen MR) is 105 cm³/mol. The molecule has 2 rings (SSSR count).